The van der Waals surface area contributed by atoms with Crippen molar-refractivity contribution in [2.75, 3.05) is 0 Å². The Bertz CT molecular complexity index is 296. The first-order valence-corrected chi connectivity index (χ1v) is 10.5. The topological polar surface area (TPSA) is 29.5 Å². The quantitative estimate of drug-likeness (QED) is 0.512. The Hall–Kier alpha value is -0.283. The van der Waals surface area contributed by atoms with E-state index in [9.17, 15) is 5.11 Å². The van der Waals surface area contributed by atoms with E-state index in [-0.39, 0.29) is 11.1 Å². The first kappa shape index (κ1) is 18.7. The van der Waals surface area contributed by atoms with E-state index in [0.717, 1.165) is 25.0 Å². The van der Waals surface area contributed by atoms with Crippen LogP contribution in [0.25, 0.3) is 0 Å². The summed E-state index contributed by atoms with van der Waals surface area (Å²) in [5.41, 5.74) is 1.19. The fourth-order valence-corrected chi connectivity index (χ4v) is 2.77. The number of hydrogen-bond acceptors (Lipinski definition) is 2. The van der Waals surface area contributed by atoms with E-state index in [4.69, 9.17) is 4.43 Å². The number of allylic oxidation sites excluding steroid dienone is 1. The lowest BCUT2D eigenvalue weighted by atomic mass is 10.1. The second kappa shape index (κ2) is 7.49. The molecule has 1 N–H and O–H groups in total. The molecular weight excluding hydrogens is 252 g/mol. The molecule has 114 valence electrons. The van der Waals surface area contributed by atoms with Crippen LogP contribution in [0.2, 0.25) is 18.1 Å². The summed E-state index contributed by atoms with van der Waals surface area (Å²) in [5, 5.41) is 10.3. The Labute approximate surface area is 121 Å². The van der Waals surface area contributed by atoms with E-state index in [0.29, 0.717) is 6.42 Å². The summed E-state index contributed by atoms with van der Waals surface area (Å²) in [7, 11) is -1.80. The van der Waals surface area contributed by atoms with E-state index in [1.807, 2.05) is 0 Å². The molecule has 0 aliphatic rings. The molecular formula is C16H34O2Si. The van der Waals surface area contributed by atoms with Gasteiger partial charge in [0.25, 0.3) is 0 Å². The molecule has 3 heteroatoms. The van der Waals surface area contributed by atoms with Crippen LogP contribution in [-0.4, -0.2) is 19.5 Å². The molecule has 0 aliphatic heterocycles. The van der Waals surface area contributed by atoms with Crippen molar-refractivity contribution in [2.24, 2.45) is 0 Å². The zero-order chi connectivity index (χ0) is 15.3. The standard InChI is InChI=1S/C16H34O2Si/c1-9-10-11-14(17)12-15(13(2)3)18-19(7,8)16(4,5)6/h14,17H,9-12H2,1-8H3. The maximum Gasteiger partial charge on any atom is 0.250 e. The van der Waals surface area contributed by atoms with Crippen LogP contribution in [0, 0.1) is 0 Å². The molecule has 0 aliphatic carbocycles. The summed E-state index contributed by atoms with van der Waals surface area (Å²) in [4.78, 5) is 0. The predicted molar refractivity (Wildman–Crippen MR) is 86.8 cm³/mol. The Morgan fingerprint density at radius 2 is 1.74 bits per heavy atom. The lowest BCUT2D eigenvalue weighted by Gasteiger charge is -2.38. The molecule has 1 unspecified atom stereocenters. The smallest absolute Gasteiger partial charge is 0.250 e. The molecule has 19 heavy (non-hydrogen) atoms. The van der Waals surface area contributed by atoms with Crippen LogP contribution in [-0.2, 0) is 4.43 Å². The molecule has 1 atom stereocenters. The Balaban J connectivity index is 4.75. The average molecular weight is 287 g/mol. The molecule has 0 rings (SSSR count). The van der Waals surface area contributed by atoms with Crippen molar-refractivity contribution in [2.45, 2.75) is 91.5 Å². The van der Waals surface area contributed by atoms with Crippen molar-refractivity contribution in [3.8, 4) is 0 Å². The molecule has 0 aromatic carbocycles. The van der Waals surface area contributed by atoms with Gasteiger partial charge in [0.2, 0.25) is 8.32 Å². The third kappa shape index (κ3) is 6.62. The Morgan fingerprint density at radius 3 is 2.11 bits per heavy atom. The van der Waals surface area contributed by atoms with Crippen molar-refractivity contribution in [3.05, 3.63) is 11.3 Å². The van der Waals surface area contributed by atoms with Crippen LogP contribution in [0.15, 0.2) is 11.3 Å². The monoisotopic (exact) mass is 286 g/mol. The van der Waals surface area contributed by atoms with E-state index < -0.39 is 8.32 Å². The summed E-state index contributed by atoms with van der Waals surface area (Å²) < 4.78 is 6.37. The van der Waals surface area contributed by atoms with Gasteiger partial charge in [0.05, 0.1) is 11.9 Å². The highest BCUT2D eigenvalue weighted by molar-refractivity contribution is 6.74. The van der Waals surface area contributed by atoms with Gasteiger partial charge in [0, 0.05) is 6.42 Å². The van der Waals surface area contributed by atoms with Gasteiger partial charge in [-0.05, 0) is 44.0 Å². The summed E-state index contributed by atoms with van der Waals surface area (Å²) in [6.45, 7) is 17.6. The maximum atomic E-state index is 10.1. The largest absolute Gasteiger partial charge is 0.546 e. The fourth-order valence-electron chi connectivity index (χ4n) is 1.56. The predicted octanol–water partition coefficient (Wildman–Crippen LogP) is 5.24. The van der Waals surface area contributed by atoms with Crippen LogP contribution in [0.4, 0.5) is 0 Å². The summed E-state index contributed by atoms with van der Waals surface area (Å²) in [6, 6.07) is 0. The third-order valence-electron chi connectivity index (χ3n) is 4.05. The van der Waals surface area contributed by atoms with Crippen LogP contribution in [0.1, 0.15) is 67.2 Å². The lowest BCUT2D eigenvalue weighted by molar-refractivity contribution is 0.146. The van der Waals surface area contributed by atoms with Crippen LogP contribution >= 0.6 is 0 Å². The molecule has 0 aromatic heterocycles. The molecule has 0 saturated heterocycles. The van der Waals surface area contributed by atoms with Gasteiger partial charge in [0.1, 0.15) is 0 Å². The van der Waals surface area contributed by atoms with Gasteiger partial charge in [-0.25, -0.2) is 0 Å². The number of rotatable bonds is 7. The van der Waals surface area contributed by atoms with E-state index in [1.165, 1.54) is 5.57 Å². The second-order valence-electron chi connectivity index (χ2n) is 7.29. The highest BCUT2D eigenvalue weighted by Gasteiger charge is 2.39. The van der Waals surface area contributed by atoms with Gasteiger partial charge in [-0.2, -0.15) is 0 Å². The summed E-state index contributed by atoms with van der Waals surface area (Å²) in [6.07, 6.45) is 3.47. The van der Waals surface area contributed by atoms with Crippen molar-refractivity contribution in [1.29, 1.82) is 0 Å². The third-order valence-corrected chi connectivity index (χ3v) is 8.42. The molecule has 0 bridgehead atoms. The van der Waals surface area contributed by atoms with E-state index >= 15 is 0 Å². The highest BCUT2D eigenvalue weighted by Crippen LogP contribution is 2.39. The first-order chi connectivity index (χ1) is 8.51. The zero-order valence-corrected chi connectivity index (χ0v) is 15.3. The van der Waals surface area contributed by atoms with Crippen molar-refractivity contribution in [1.82, 2.24) is 0 Å². The lowest BCUT2D eigenvalue weighted by Crippen LogP contribution is -2.41. The number of aliphatic hydroxyl groups excluding tert-OH is 1. The van der Waals surface area contributed by atoms with Gasteiger partial charge in [-0.15, -0.1) is 0 Å². The Morgan fingerprint density at radius 1 is 1.21 bits per heavy atom. The SMILES string of the molecule is CCCCC(O)CC(O[Si](C)(C)C(C)(C)C)=C(C)C. The molecule has 0 amide bonds. The summed E-state index contributed by atoms with van der Waals surface area (Å²) in [5.74, 6) is 1.01. The second-order valence-corrected chi connectivity index (χ2v) is 12.0. The van der Waals surface area contributed by atoms with Crippen LogP contribution in [0.5, 0.6) is 0 Å². The van der Waals surface area contributed by atoms with Crippen LogP contribution < -0.4 is 0 Å². The van der Waals surface area contributed by atoms with Gasteiger partial charge in [0.15, 0.2) is 0 Å². The molecule has 2 nitrogen and oxygen atoms in total. The Kier molecular flexibility index (Phi) is 7.37. The van der Waals surface area contributed by atoms with E-state index in [2.05, 4.69) is 54.6 Å². The van der Waals surface area contributed by atoms with E-state index in [1.54, 1.807) is 0 Å². The van der Waals surface area contributed by atoms with Gasteiger partial charge in [-0.1, -0.05) is 40.5 Å². The summed E-state index contributed by atoms with van der Waals surface area (Å²) >= 11 is 0. The van der Waals surface area contributed by atoms with Gasteiger partial charge < -0.3 is 9.53 Å². The van der Waals surface area contributed by atoms with Crippen molar-refractivity contribution in [3.63, 3.8) is 0 Å². The maximum absolute atomic E-state index is 10.1. The van der Waals surface area contributed by atoms with Gasteiger partial charge >= 0.3 is 0 Å². The van der Waals surface area contributed by atoms with Gasteiger partial charge in [-0.3, -0.25) is 0 Å². The zero-order valence-electron chi connectivity index (χ0n) is 14.3. The molecule has 0 heterocycles. The molecule has 0 saturated carbocycles. The normalized spacial score (nSPS) is 14.2. The van der Waals surface area contributed by atoms with Crippen LogP contribution in [0.3, 0.4) is 0 Å². The number of aliphatic hydroxyl groups is 1. The number of hydrogen-bond donors (Lipinski definition) is 1. The fraction of sp³-hybridized carbons (Fsp3) is 0.875. The number of unbranched alkanes of at least 4 members (excludes halogenated alkanes) is 1. The first-order valence-electron chi connectivity index (χ1n) is 7.54. The molecule has 0 spiro atoms. The average Bonchev–Trinajstić information content (AvgIpc) is 2.23. The highest BCUT2D eigenvalue weighted by atomic mass is 28.4. The molecule has 0 radical (unpaired) electrons. The minimum absolute atomic E-state index is 0.196. The minimum Gasteiger partial charge on any atom is -0.546 e. The minimum atomic E-state index is -1.80. The van der Waals surface area contributed by atoms with Crippen molar-refractivity contribution >= 4 is 8.32 Å². The molecule has 0 aromatic rings. The van der Waals surface area contributed by atoms with Crippen molar-refractivity contribution < 1.29 is 9.53 Å². The molecule has 0 fully saturated rings.